The van der Waals surface area contributed by atoms with Gasteiger partial charge in [-0.1, -0.05) is 0 Å². The first-order chi connectivity index (χ1) is 9.84. The summed E-state index contributed by atoms with van der Waals surface area (Å²) in [6.07, 6.45) is 4.63. The predicted molar refractivity (Wildman–Crippen MR) is 76.9 cm³/mol. The number of anilines is 1. The second-order valence-corrected chi connectivity index (χ2v) is 5.44. The second-order valence-electron chi connectivity index (χ2n) is 4.29. The Hall–Kier alpha value is -1.93. The average molecular weight is 290 g/mol. The highest BCUT2D eigenvalue weighted by Gasteiger charge is 2.22. The fourth-order valence-electron chi connectivity index (χ4n) is 1.95. The minimum absolute atomic E-state index is 0.0495. The molecule has 3 heterocycles. The van der Waals surface area contributed by atoms with Gasteiger partial charge in [0.05, 0.1) is 11.7 Å². The molecule has 0 bridgehead atoms. The van der Waals surface area contributed by atoms with Gasteiger partial charge in [0.25, 0.3) is 0 Å². The molecule has 1 saturated heterocycles. The minimum atomic E-state index is -0.169. The van der Waals surface area contributed by atoms with Gasteiger partial charge in [0, 0.05) is 24.2 Å². The van der Waals surface area contributed by atoms with Crippen LogP contribution in [-0.2, 0) is 4.79 Å². The third-order valence-electron chi connectivity index (χ3n) is 2.92. The van der Waals surface area contributed by atoms with Gasteiger partial charge in [-0.25, -0.2) is 14.6 Å². The number of rotatable bonds is 3. The van der Waals surface area contributed by atoms with Crippen molar-refractivity contribution in [3.8, 4) is 5.82 Å². The first-order valence-corrected chi connectivity index (χ1v) is 7.42. The molecule has 0 aromatic carbocycles. The maximum absolute atomic E-state index is 12.2. The maximum atomic E-state index is 12.2. The molecule has 104 valence electrons. The van der Waals surface area contributed by atoms with Crippen molar-refractivity contribution in [3.05, 3.63) is 31.0 Å². The number of carbonyl (C=O) groups is 1. The van der Waals surface area contributed by atoms with E-state index in [1.807, 2.05) is 0 Å². The molecule has 8 heteroatoms. The summed E-state index contributed by atoms with van der Waals surface area (Å²) in [7, 11) is 0. The standard InChI is InChI=1S/C12H14N6OS/c19-12(10-6-20-5-4-14-10)17-9-2-1-3-15-11(9)18-8-13-7-16-18/h1-3,7-8,10,14H,4-6H2,(H,17,19). The van der Waals surface area contributed by atoms with Gasteiger partial charge in [-0.15, -0.1) is 0 Å². The molecule has 0 radical (unpaired) electrons. The SMILES string of the molecule is O=C(Nc1cccnc1-n1cncn1)C1CSCCN1. The number of hydrogen-bond acceptors (Lipinski definition) is 6. The second kappa shape index (κ2) is 6.02. The normalized spacial score (nSPS) is 18.7. The first kappa shape index (κ1) is 13.1. The summed E-state index contributed by atoms with van der Waals surface area (Å²) in [6, 6.07) is 3.41. The van der Waals surface area contributed by atoms with Gasteiger partial charge in [0.2, 0.25) is 5.91 Å². The van der Waals surface area contributed by atoms with Crippen LogP contribution in [0.2, 0.25) is 0 Å². The lowest BCUT2D eigenvalue weighted by atomic mass is 10.3. The Balaban J connectivity index is 1.79. The van der Waals surface area contributed by atoms with E-state index in [9.17, 15) is 4.79 Å². The predicted octanol–water partition coefficient (Wildman–Crippen LogP) is 0.306. The van der Waals surface area contributed by atoms with Crippen LogP contribution in [0.4, 0.5) is 5.69 Å². The topological polar surface area (TPSA) is 84.7 Å². The number of nitrogens with zero attached hydrogens (tertiary/aromatic N) is 4. The largest absolute Gasteiger partial charge is 0.322 e. The zero-order valence-corrected chi connectivity index (χ0v) is 11.5. The lowest BCUT2D eigenvalue weighted by molar-refractivity contribution is -0.117. The molecule has 1 fully saturated rings. The van der Waals surface area contributed by atoms with E-state index in [2.05, 4.69) is 25.7 Å². The minimum Gasteiger partial charge on any atom is -0.322 e. The molecule has 3 rings (SSSR count). The molecule has 2 aromatic heterocycles. The Morgan fingerprint density at radius 2 is 2.50 bits per heavy atom. The van der Waals surface area contributed by atoms with Crippen molar-refractivity contribution in [2.24, 2.45) is 0 Å². The summed E-state index contributed by atoms with van der Waals surface area (Å²) in [4.78, 5) is 20.4. The summed E-state index contributed by atoms with van der Waals surface area (Å²) in [5.41, 5.74) is 0.625. The molecule has 2 aromatic rings. The van der Waals surface area contributed by atoms with Gasteiger partial charge in [0.15, 0.2) is 5.82 Å². The first-order valence-electron chi connectivity index (χ1n) is 6.26. The number of amides is 1. The summed E-state index contributed by atoms with van der Waals surface area (Å²) >= 11 is 1.78. The van der Waals surface area contributed by atoms with Gasteiger partial charge >= 0.3 is 0 Å². The Kier molecular flexibility index (Phi) is 3.93. The lowest BCUT2D eigenvalue weighted by Gasteiger charge is -2.22. The molecule has 0 spiro atoms. The fraction of sp³-hybridized carbons (Fsp3) is 0.333. The highest BCUT2D eigenvalue weighted by Crippen LogP contribution is 2.17. The molecule has 1 aliphatic heterocycles. The molecular formula is C12H14N6OS. The number of nitrogens with one attached hydrogen (secondary N) is 2. The Bertz CT molecular complexity index is 581. The fourth-order valence-corrected chi connectivity index (χ4v) is 2.88. The van der Waals surface area contributed by atoms with Crippen LogP contribution >= 0.6 is 11.8 Å². The van der Waals surface area contributed by atoms with E-state index in [-0.39, 0.29) is 11.9 Å². The van der Waals surface area contributed by atoms with E-state index in [4.69, 9.17) is 0 Å². The summed E-state index contributed by atoms with van der Waals surface area (Å²) < 4.78 is 1.53. The molecule has 1 atom stereocenters. The molecule has 20 heavy (non-hydrogen) atoms. The quantitative estimate of drug-likeness (QED) is 0.846. The van der Waals surface area contributed by atoms with Gasteiger partial charge in [-0.2, -0.15) is 16.9 Å². The van der Waals surface area contributed by atoms with E-state index in [1.165, 1.54) is 11.0 Å². The van der Waals surface area contributed by atoms with Crippen LogP contribution < -0.4 is 10.6 Å². The van der Waals surface area contributed by atoms with Crippen LogP contribution in [0.3, 0.4) is 0 Å². The van der Waals surface area contributed by atoms with Gasteiger partial charge in [0.1, 0.15) is 12.7 Å². The number of pyridine rings is 1. The average Bonchev–Trinajstić information content (AvgIpc) is 3.03. The Morgan fingerprint density at radius 1 is 1.55 bits per heavy atom. The zero-order valence-electron chi connectivity index (χ0n) is 10.7. The number of aromatic nitrogens is 4. The summed E-state index contributed by atoms with van der Waals surface area (Å²) in [6.45, 7) is 0.853. The van der Waals surface area contributed by atoms with Crippen molar-refractivity contribution in [1.29, 1.82) is 0 Å². The zero-order chi connectivity index (χ0) is 13.8. The van der Waals surface area contributed by atoms with Crippen molar-refractivity contribution in [2.75, 3.05) is 23.4 Å². The Labute approximate surface area is 120 Å². The van der Waals surface area contributed by atoms with Crippen LogP contribution in [-0.4, -0.2) is 49.7 Å². The Morgan fingerprint density at radius 3 is 3.25 bits per heavy atom. The van der Waals surface area contributed by atoms with Crippen LogP contribution in [0, 0.1) is 0 Å². The van der Waals surface area contributed by atoms with Crippen LogP contribution in [0.1, 0.15) is 0 Å². The van der Waals surface area contributed by atoms with Gasteiger partial charge in [-0.3, -0.25) is 4.79 Å². The third kappa shape index (κ3) is 2.81. The van der Waals surface area contributed by atoms with Crippen molar-refractivity contribution in [1.82, 2.24) is 25.1 Å². The molecule has 0 saturated carbocycles. The molecule has 7 nitrogen and oxygen atoms in total. The van der Waals surface area contributed by atoms with E-state index >= 15 is 0 Å². The molecule has 1 aliphatic rings. The summed E-state index contributed by atoms with van der Waals surface area (Å²) in [5, 5.41) is 10.1. The van der Waals surface area contributed by atoms with Crippen molar-refractivity contribution in [2.45, 2.75) is 6.04 Å². The van der Waals surface area contributed by atoms with Crippen molar-refractivity contribution < 1.29 is 4.79 Å². The lowest BCUT2D eigenvalue weighted by Crippen LogP contribution is -2.46. The van der Waals surface area contributed by atoms with E-state index in [1.54, 1.807) is 36.4 Å². The highest BCUT2D eigenvalue weighted by atomic mass is 32.2. The van der Waals surface area contributed by atoms with E-state index < -0.39 is 0 Å². The van der Waals surface area contributed by atoms with Crippen molar-refractivity contribution in [3.63, 3.8) is 0 Å². The number of carbonyl (C=O) groups excluding carboxylic acids is 1. The summed E-state index contributed by atoms with van der Waals surface area (Å²) in [5.74, 6) is 2.33. The highest BCUT2D eigenvalue weighted by molar-refractivity contribution is 7.99. The monoisotopic (exact) mass is 290 g/mol. The molecular weight excluding hydrogens is 276 g/mol. The van der Waals surface area contributed by atoms with E-state index in [0.717, 1.165) is 18.1 Å². The molecule has 1 amide bonds. The maximum Gasteiger partial charge on any atom is 0.242 e. The smallest absolute Gasteiger partial charge is 0.242 e. The van der Waals surface area contributed by atoms with Gasteiger partial charge in [-0.05, 0) is 12.1 Å². The van der Waals surface area contributed by atoms with Gasteiger partial charge < -0.3 is 10.6 Å². The number of hydrogen-bond donors (Lipinski definition) is 2. The molecule has 1 unspecified atom stereocenters. The van der Waals surface area contributed by atoms with Crippen LogP contribution in [0.5, 0.6) is 0 Å². The van der Waals surface area contributed by atoms with Crippen LogP contribution in [0.15, 0.2) is 31.0 Å². The molecule has 0 aliphatic carbocycles. The van der Waals surface area contributed by atoms with Crippen molar-refractivity contribution >= 4 is 23.4 Å². The van der Waals surface area contributed by atoms with Crippen LogP contribution in [0.25, 0.3) is 5.82 Å². The number of thioether (sulfide) groups is 1. The third-order valence-corrected chi connectivity index (χ3v) is 3.98. The molecule has 2 N–H and O–H groups in total. The van der Waals surface area contributed by atoms with E-state index in [0.29, 0.717) is 11.5 Å².